The van der Waals surface area contributed by atoms with Gasteiger partial charge in [0.1, 0.15) is 0 Å². The average molecular weight is 228 g/mol. The fourth-order valence-corrected chi connectivity index (χ4v) is 1.61. The SMILES string of the molecule is COC(=O)c1ccc(-c2cnccn2)cc1C. The Bertz CT molecular complexity index is 538. The third-order valence-corrected chi connectivity index (χ3v) is 2.49. The third kappa shape index (κ3) is 2.30. The zero-order valence-corrected chi connectivity index (χ0v) is 9.68. The Balaban J connectivity index is 2.41. The third-order valence-electron chi connectivity index (χ3n) is 2.49. The van der Waals surface area contributed by atoms with Crippen LogP contribution in [0.3, 0.4) is 0 Å². The minimum absolute atomic E-state index is 0.326. The molecular weight excluding hydrogens is 216 g/mol. The van der Waals surface area contributed by atoms with E-state index < -0.39 is 0 Å². The summed E-state index contributed by atoms with van der Waals surface area (Å²) in [5.74, 6) is -0.326. The first-order chi connectivity index (χ1) is 8.22. The summed E-state index contributed by atoms with van der Waals surface area (Å²) in [6.45, 7) is 1.87. The molecule has 4 heteroatoms. The first kappa shape index (κ1) is 11.3. The van der Waals surface area contributed by atoms with E-state index in [2.05, 4.69) is 9.97 Å². The Morgan fingerprint density at radius 1 is 1.29 bits per heavy atom. The van der Waals surface area contributed by atoms with Crippen molar-refractivity contribution >= 4 is 5.97 Å². The minimum atomic E-state index is -0.326. The summed E-state index contributed by atoms with van der Waals surface area (Å²) in [6.07, 6.45) is 4.95. The normalized spacial score (nSPS) is 10.0. The number of hydrogen-bond donors (Lipinski definition) is 0. The Hall–Kier alpha value is -2.23. The maximum absolute atomic E-state index is 11.4. The van der Waals surface area contributed by atoms with Crippen molar-refractivity contribution in [2.24, 2.45) is 0 Å². The molecule has 4 nitrogen and oxygen atoms in total. The van der Waals surface area contributed by atoms with E-state index in [-0.39, 0.29) is 5.97 Å². The summed E-state index contributed by atoms with van der Waals surface area (Å²) in [6, 6.07) is 5.48. The van der Waals surface area contributed by atoms with Crippen molar-refractivity contribution in [1.82, 2.24) is 9.97 Å². The van der Waals surface area contributed by atoms with Crippen molar-refractivity contribution in [3.8, 4) is 11.3 Å². The second kappa shape index (κ2) is 4.74. The number of hydrogen-bond acceptors (Lipinski definition) is 4. The second-order valence-corrected chi connectivity index (χ2v) is 3.61. The van der Waals surface area contributed by atoms with Gasteiger partial charge < -0.3 is 4.74 Å². The number of carbonyl (C=O) groups excluding carboxylic acids is 1. The number of benzene rings is 1. The van der Waals surface area contributed by atoms with Gasteiger partial charge in [0.25, 0.3) is 0 Å². The number of rotatable bonds is 2. The highest BCUT2D eigenvalue weighted by Gasteiger charge is 2.10. The number of nitrogens with zero attached hydrogens (tertiary/aromatic N) is 2. The first-order valence-electron chi connectivity index (χ1n) is 5.17. The molecule has 0 N–H and O–H groups in total. The van der Waals surface area contributed by atoms with Crippen LogP contribution >= 0.6 is 0 Å². The Morgan fingerprint density at radius 3 is 2.71 bits per heavy atom. The molecule has 0 aliphatic heterocycles. The molecule has 1 aromatic heterocycles. The van der Waals surface area contributed by atoms with E-state index in [4.69, 9.17) is 4.74 Å². The number of carbonyl (C=O) groups is 1. The molecule has 0 bridgehead atoms. The molecule has 0 saturated heterocycles. The van der Waals surface area contributed by atoms with Crippen LogP contribution in [0, 0.1) is 6.92 Å². The van der Waals surface area contributed by atoms with E-state index in [0.29, 0.717) is 5.56 Å². The summed E-state index contributed by atoms with van der Waals surface area (Å²) < 4.78 is 4.70. The van der Waals surface area contributed by atoms with Gasteiger partial charge in [0.05, 0.1) is 24.6 Å². The van der Waals surface area contributed by atoms with Gasteiger partial charge in [-0.15, -0.1) is 0 Å². The van der Waals surface area contributed by atoms with E-state index >= 15 is 0 Å². The van der Waals surface area contributed by atoms with Crippen molar-refractivity contribution in [3.05, 3.63) is 47.9 Å². The van der Waals surface area contributed by atoms with Gasteiger partial charge in [-0.1, -0.05) is 6.07 Å². The van der Waals surface area contributed by atoms with Crippen LogP contribution in [-0.4, -0.2) is 23.0 Å². The fourth-order valence-electron chi connectivity index (χ4n) is 1.61. The number of esters is 1. The van der Waals surface area contributed by atoms with Crippen LogP contribution in [0.25, 0.3) is 11.3 Å². The molecule has 0 atom stereocenters. The zero-order valence-electron chi connectivity index (χ0n) is 9.68. The standard InChI is InChI=1S/C13H12N2O2/c1-9-7-10(12-8-14-5-6-15-12)3-4-11(9)13(16)17-2/h3-8H,1-2H3. The van der Waals surface area contributed by atoms with Crippen LogP contribution in [0.1, 0.15) is 15.9 Å². The van der Waals surface area contributed by atoms with Gasteiger partial charge >= 0.3 is 5.97 Å². The van der Waals surface area contributed by atoms with Crippen molar-refractivity contribution in [2.45, 2.75) is 6.92 Å². The summed E-state index contributed by atoms with van der Waals surface area (Å²) in [5.41, 5.74) is 3.15. The lowest BCUT2D eigenvalue weighted by Gasteiger charge is -2.06. The Morgan fingerprint density at radius 2 is 2.12 bits per heavy atom. The van der Waals surface area contributed by atoms with Gasteiger partial charge in [0.2, 0.25) is 0 Å². The molecule has 17 heavy (non-hydrogen) atoms. The van der Waals surface area contributed by atoms with Gasteiger partial charge in [-0.2, -0.15) is 0 Å². The number of aromatic nitrogens is 2. The van der Waals surface area contributed by atoms with E-state index in [1.807, 2.05) is 19.1 Å². The second-order valence-electron chi connectivity index (χ2n) is 3.61. The van der Waals surface area contributed by atoms with Crippen LogP contribution in [0.2, 0.25) is 0 Å². The van der Waals surface area contributed by atoms with Crippen molar-refractivity contribution < 1.29 is 9.53 Å². The van der Waals surface area contributed by atoms with Gasteiger partial charge in [-0.3, -0.25) is 9.97 Å². The monoisotopic (exact) mass is 228 g/mol. The quantitative estimate of drug-likeness (QED) is 0.740. The van der Waals surface area contributed by atoms with E-state index in [9.17, 15) is 4.79 Å². The van der Waals surface area contributed by atoms with Crippen molar-refractivity contribution in [1.29, 1.82) is 0 Å². The summed E-state index contributed by atoms with van der Waals surface area (Å²) in [7, 11) is 1.37. The van der Waals surface area contributed by atoms with Gasteiger partial charge in [0, 0.05) is 18.0 Å². The summed E-state index contributed by atoms with van der Waals surface area (Å²) in [4.78, 5) is 19.6. The molecule has 2 rings (SSSR count). The predicted octanol–water partition coefficient (Wildman–Crippen LogP) is 2.24. The molecule has 0 saturated carbocycles. The zero-order chi connectivity index (χ0) is 12.3. The largest absolute Gasteiger partial charge is 0.465 e. The van der Waals surface area contributed by atoms with E-state index in [1.54, 1.807) is 24.7 Å². The van der Waals surface area contributed by atoms with Gasteiger partial charge in [-0.25, -0.2) is 4.79 Å². The smallest absolute Gasteiger partial charge is 0.338 e. The molecule has 0 radical (unpaired) electrons. The van der Waals surface area contributed by atoms with E-state index in [1.165, 1.54) is 7.11 Å². The molecule has 0 aliphatic rings. The van der Waals surface area contributed by atoms with Crippen LogP contribution in [0.5, 0.6) is 0 Å². The average Bonchev–Trinajstić information content (AvgIpc) is 2.39. The lowest BCUT2D eigenvalue weighted by molar-refractivity contribution is 0.0600. The number of methoxy groups -OCH3 is 1. The molecule has 2 aromatic rings. The highest BCUT2D eigenvalue weighted by atomic mass is 16.5. The van der Waals surface area contributed by atoms with Crippen LogP contribution in [0.4, 0.5) is 0 Å². The Labute approximate surface area is 99.3 Å². The maximum Gasteiger partial charge on any atom is 0.338 e. The molecule has 1 heterocycles. The lowest BCUT2D eigenvalue weighted by atomic mass is 10.0. The minimum Gasteiger partial charge on any atom is -0.465 e. The van der Waals surface area contributed by atoms with Crippen LogP contribution in [-0.2, 0) is 4.74 Å². The van der Waals surface area contributed by atoms with E-state index in [0.717, 1.165) is 16.8 Å². The van der Waals surface area contributed by atoms with Crippen molar-refractivity contribution in [2.75, 3.05) is 7.11 Å². The molecule has 86 valence electrons. The summed E-state index contributed by atoms with van der Waals surface area (Å²) >= 11 is 0. The fraction of sp³-hybridized carbons (Fsp3) is 0.154. The molecule has 0 fully saturated rings. The lowest BCUT2D eigenvalue weighted by Crippen LogP contribution is -2.03. The molecule has 0 aliphatic carbocycles. The topological polar surface area (TPSA) is 52.1 Å². The molecule has 0 amide bonds. The maximum atomic E-state index is 11.4. The molecular formula is C13H12N2O2. The highest BCUT2D eigenvalue weighted by Crippen LogP contribution is 2.20. The number of ether oxygens (including phenoxy) is 1. The molecule has 0 unspecified atom stereocenters. The highest BCUT2D eigenvalue weighted by molar-refractivity contribution is 5.91. The predicted molar refractivity (Wildman–Crippen MR) is 63.5 cm³/mol. The molecule has 1 aromatic carbocycles. The van der Waals surface area contributed by atoms with Crippen molar-refractivity contribution in [3.63, 3.8) is 0 Å². The number of aryl methyl sites for hydroxylation is 1. The molecule has 0 spiro atoms. The van der Waals surface area contributed by atoms with Gasteiger partial charge in [0.15, 0.2) is 0 Å². The van der Waals surface area contributed by atoms with Crippen LogP contribution < -0.4 is 0 Å². The first-order valence-corrected chi connectivity index (χ1v) is 5.17. The summed E-state index contributed by atoms with van der Waals surface area (Å²) in [5, 5.41) is 0. The van der Waals surface area contributed by atoms with Gasteiger partial charge in [-0.05, 0) is 24.6 Å². The van der Waals surface area contributed by atoms with Crippen LogP contribution in [0.15, 0.2) is 36.8 Å². The Kier molecular flexibility index (Phi) is 3.14.